The number of carbonyl (C=O) groups is 1. The van der Waals surface area contributed by atoms with Gasteiger partial charge in [-0.15, -0.1) is 0 Å². The monoisotopic (exact) mass is 380 g/mol. The number of nitrogens with one attached hydrogen (secondary N) is 1. The lowest BCUT2D eigenvalue weighted by Crippen LogP contribution is -2.21. The van der Waals surface area contributed by atoms with Crippen molar-refractivity contribution in [1.82, 2.24) is 0 Å². The van der Waals surface area contributed by atoms with E-state index in [0.717, 1.165) is 17.5 Å². The van der Waals surface area contributed by atoms with Crippen molar-refractivity contribution in [1.29, 1.82) is 0 Å². The van der Waals surface area contributed by atoms with E-state index in [0.29, 0.717) is 42.0 Å². The van der Waals surface area contributed by atoms with Gasteiger partial charge in [-0.1, -0.05) is 25.5 Å². The molecule has 0 saturated heterocycles. The molecule has 3 aromatic rings. The number of nitrogens with two attached hydrogens (primary N) is 1. The molecular weight excluding hydrogens is 356 g/mol. The molecule has 0 aliphatic heterocycles. The quantitative estimate of drug-likeness (QED) is 0.607. The van der Waals surface area contributed by atoms with E-state index in [4.69, 9.17) is 14.9 Å². The maximum Gasteiger partial charge on any atom is 0.349 e. The minimum Gasteiger partial charge on any atom is -0.493 e. The van der Waals surface area contributed by atoms with E-state index >= 15 is 0 Å². The minimum absolute atomic E-state index is 0.0398. The van der Waals surface area contributed by atoms with Gasteiger partial charge in [0.2, 0.25) is 0 Å². The van der Waals surface area contributed by atoms with Crippen molar-refractivity contribution in [3.05, 3.63) is 69.6 Å². The molecular formula is C22H24N2O4. The average molecular weight is 380 g/mol. The number of rotatable bonds is 7. The lowest BCUT2D eigenvalue weighted by Gasteiger charge is -2.12. The van der Waals surface area contributed by atoms with Gasteiger partial charge in [-0.2, -0.15) is 0 Å². The third-order valence-electron chi connectivity index (χ3n) is 4.45. The summed E-state index contributed by atoms with van der Waals surface area (Å²) in [6, 6.07) is 12.4. The Bertz CT molecular complexity index is 1040. The van der Waals surface area contributed by atoms with E-state index in [-0.39, 0.29) is 5.56 Å². The molecule has 0 atom stereocenters. The number of fused-ring (bicyclic) bond motifs is 1. The molecule has 1 amide bonds. The number of anilines is 1. The molecule has 28 heavy (non-hydrogen) atoms. The van der Waals surface area contributed by atoms with Crippen molar-refractivity contribution in [2.75, 3.05) is 11.9 Å². The van der Waals surface area contributed by atoms with E-state index in [9.17, 15) is 9.59 Å². The smallest absolute Gasteiger partial charge is 0.349 e. The Kier molecular flexibility index (Phi) is 6.11. The molecule has 0 saturated carbocycles. The van der Waals surface area contributed by atoms with Crippen LogP contribution in [0.5, 0.6) is 5.75 Å². The highest BCUT2D eigenvalue weighted by atomic mass is 16.5. The topological polar surface area (TPSA) is 94.6 Å². The van der Waals surface area contributed by atoms with Crippen LogP contribution in [0.15, 0.2) is 51.7 Å². The number of ether oxygens (including phenoxy) is 1. The number of aryl methyl sites for hydroxylation is 1. The van der Waals surface area contributed by atoms with Crippen LogP contribution >= 0.6 is 0 Å². The zero-order valence-corrected chi connectivity index (χ0v) is 16.1. The molecule has 0 fully saturated rings. The molecule has 0 unspecified atom stereocenters. The molecule has 0 aliphatic rings. The van der Waals surface area contributed by atoms with Gasteiger partial charge >= 0.3 is 5.63 Å². The molecule has 3 N–H and O–H groups in total. The normalized spacial score (nSPS) is 10.8. The largest absolute Gasteiger partial charge is 0.493 e. The van der Waals surface area contributed by atoms with Crippen LogP contribution in [0.1, 0.15) is 41.8 Å². The van der Waals surface area contributed by atoms with E-state index in [1.807, 2.05) is 32.0 Å². The first kappa shape index (κ1) is 19.6. The van der Waals surface area contributed by atoms with Crippen molar-refractivity contribution < 1.29 is 13.9 Å². The van der Waals surface area contributed by atoms with Crippen LogP contribution in [-0.2, 0) is 13.0 Å². The molecule has 1 aromatic heterocycles. The van der Waals surface area contributed by atoms with E-state index < -0.39 is 11.5 Å². The zero-order valence-electron chi connectivity index (χ0n) is 16.1. The maximum atomic E-state index is 12.6. The molecule has 3 rings (SSSR count). The summed E-state index contributed by atoms with van der Waals surface area (Å²) < 4.78 is 11.2. The fourth-order valence-corrected chi connectivity index (χ4v) is 3.08. The van der Waals surface area contributed by atoms with Crippen molar-refractivity contribution >= 4 is 22.6 Å². The molecule has 0 radical (unpaired) electrons. The van der Waals surface area contributed by atoms with Crippen LogP contribution in [0.2, 0.25) is 0 Å². The first-order chi connectivity index (χ1) is 13.6. The lowest BCUT2D eigenvalue weighted by atomic mass is 10.0. The van der Waals surface area contributed by atoms with E-state index in [1.165, 1.54) is 0 Å². The Morgan fingerprint density at radius 1 is 1.14 bits per heavy atom. The molecule has 6 heteroatoms. The second-order valence-corrected chi connectivity index (χ2v) is 6.45. The fraction of sp³-hybridized carbons (Fsp3) is 0.273. The van der Waals surface area contributed by atoms with Crippen molar-refractivity contribution in [2.24, 2.45) is 5.73 Å². The number of amides is 1. The van der Waals surface area contributed by atoms with Crippen LogP contribution < -0.4 is 21.4 Å². The van der Waals surface area contributed by atoms with Crippen LogP contribution in [0.4, 0.5) is 5.69 Å². The number of carbonyl (C=O) groups excluding carboxylic acids is 1. The van der Waals surface area contributed by atoms with Crippen molar-refractivity contribution in [3.63, 3.8) is 0 Å². The molecule has 2 aromatic carbocycles. The first-order valence-corrected chi connectivity index (χ1v) is 9.40. The SMILES string of the molecule is CCCc1c(OCC)ccc2cc(C(=O)Nc3ccc(CN)cc3)c(=O)oc12. The van der Waals surface area contributed by atoms with Crippen LogP contribution in [-0.4, -0.2) is 12.5 Å². The first-order valence-electron chi connectivity index (χ1n) is 9.40. The van der Waals surface area contributed by atoms with Crippen LogP contribution in [0, 0.1) is 0 Å². The summed E-state index contributed by atoms with van der Waals surface area (Å²) >= 11 is 0. The summed E-state index contributed by atoms with van der Waals surface area (Å²) in [6.45, 7) is 4.90. The maximum absolute atomic E-state index is 12.6. The van der Waals surface area contributed by atoms with Gasteiger partial charge < -0.3 is 20.2 Å². The summed E-state index contributed by atoms with van der Waals surface area (Å²) in [5, 5.41) is 3.41. The second-order valence-electron chi connectivity index (χ2n) is 6.45. The Balaban J connectivity index is 1.97. The van der Waals surface area contributed by atoms with Crippen LogP contribution in [0.3, 0.4) is 0 Å². The number of benzene rings is 2. The molecule has 6 nitrogen and oxygen atoms in total. The van der Waals surface area contributed by atoms with Gasteiger partial charge in [0.05, 0.1) is 6.61 Å². The van der Waals surface area contributed by atoms with E-state index in [1.54, 1.807) is 24.3 Å². The third-order valence-corrected chi connectivity index (χ3v) is 4.45. The van der Waals surface area contributed by atoms with Gasteiger partial charge in [0, 0.05) is 23.2 Å². The Morgan fingerprint density at radius 2 is 1.89 bits per heavy atom. The van der Waals surface area contributed by atoms with Gasteiger partial charge in [0.15, 0.2) is 0 Å². The standard InChI is InChI=1S/C22H24N2O4/c1-3-5-17-19(27-4-2)11-8-15-12-18(22(26)28-20(15)17)21(25)24-16-9-6-14(13-23)7-10-16/h6-12H,3-5,13,23H2,1-2H3,(H,24,25). The predicted octanol–water partition coefficient (Wildman–Crippen LogP) is 3.86. The second kappa shape index (κ2) is 8.71. The molecule has 146 valence electrons. The fourth-order valence-electron chi connectivity index (χ4n) is 3.08. The Hall–Kier alpha value is -3.12. The van der Waals surface area contributed by atoms with Gasteiger partial charge in [-0.05, 0) is 49.2 Å². The average Bonchev–Trinajstić information content (AvgIpc) is 2.70. The molecule has 0 bridgehead atoms. The summed E-state index contributed by atoms with van der Waals surface area (Å²) in [5.74, 6) is 0.194. The van der Waals surface area contributed by atoms with Gasteiger partial charge in [-0.3, -0.25) is 4.79 Å². The minimum atomic E-state index is -0.672. The third kappa shape index (κ3) is 4.07. The van der Waals surface area contributed by atoms with Crippen molar-refractivity contribution in [3.8, 4) is 5.75 Å². The Labute approximate surface area is 163 Å². The summed E-state index contributed by atoms with van der Waals surface area (Å²) in [7, 11) is 0. The van der Waals surface area contributed by atoms with Gasteiger partial charge in [0.25, 0.3) is 5.91 Å². The predicted molar refractivity (Wildman–Crippen MR) is 110 cm³/mol. The van der Waals surface area contributed by atoms with Crippen LogP contribution in [0.25, 0.3) is 11.0 Å². The highest BCUT2D eigenvalue weighted by Gasteiger charge is 2.17. The van der Waals surface area contributed by atoms with Gasteiger partial charge in [-0.25, -0.2) is 4.79 Å². The van der Waals surface area contributed by atoms with Crippen molar-refractivity contribution in [2.45, 2.75) is 33.2 Å². The molecule has 1 heterocycles. The highest BCUT2D eigenvalue weighted by molar-refractivity contribution is 6.05. The molecule has 0 spiro atoms. The molecule has 0 aliphatic carbocycles. The summed E-state index contributed by atoms with van der Waals surface area (Å²) in [6.07, 6.45) is 1.60. The van der Waals surface area contributed by atoms with E-state index in [2.05, 4.69) is 5.32 Å². The van der Waals surface area contributed by atoms with Gasteiger partial charge in [0.1, 0.15) is 16.9 Å². The highest BCUT2D eigenvalue weighted by Crippen LogP contribution is 2.29. The number of hydrogen-bond donors (Lipinski definition) is 2. The number of hydrogen-bond acceptors (Lipinski definition) is 5. The summed E-state index contributed by atoms with van der Waals surface area (Å²) in [5.41, 5.74) is 7.73. The summed E-state index contributed by atoms with van der Waals surface area (Å²) in [4.78, 5) is 25.1. The Morgan fingerprint density at radius 3 is 2.54 bits per heavy atom. The zero-order chi connectivity index (χ0) is 20.1. The lowest BCUT2D eigenvalue weighted by molar-refractivity contribution is 0.102.